The number of benzene rings is 2. The number of rotatable bonds is 8. The first kappa shape index (κ1) is 26.0. The largest absolute Gasteiger partial charge is 0.598 e. The molecule has 9 heteroatoms. The Labute approximate surface area is 197 Å². The van der Waals surface area contributed by atoms with Crippen LogP contribution in [0.1, 0.15) is 45.2 Å². The minimum Gasteiger partial charge on any atom is -0.598 e. The van der Waals surface area contributed by atoms with Crippen molar-refractivity contribution in [1.82, 2.24) is 4.72 Å². The fraction of sp³-hybridized carbons (Fsp3) is 0.391. The van der Waals surface area contributed by atoms with Crippen molar-refractivity contribution in [1.29, 1.82) is 0 Å². The molecule has 0 aromatic heterocycles. The topological polar surface area (TPSA) is 99.7 Å². The summed E-state index contributed by atoms with van der Waals surface area (Å²) in [5.41, 5.74) is 0.528. The average Bonchev–Trinajstić information content (AvgIpc) is 2.73. The molecule has 0 radical (unpaired) electrons. The molecule has 0 heterocycles. The van der Waals surface area contributed by atoms with Crippen LogP contribution >= 0.6 is 11.6 Å². The van der Waals surface area contributed by atoms with E-state index in [0.29, 0.717) is 11.3 Å². The van der Waals surface area contributed by atoms with E-state index in [4.69, 9.17) is 21.1 Å². The van der Waals surface area contributed by atoms with E-state index in [9.17, 15) is 14.1 Å². The minimum atomic E-state index is -1.50. The maximum absolute atomic E-state index is 12.8. The molecule has 0 saturated heterocycles. The molecule has 0 aliphatic rings. The van der Waals surface area contributed by atoms with Crippen molar-refractivity contribution in [2.24, 2.45) is 0 Å². The molecule has 2 rings (SSSR count). The van der Waals surface area contributed by atoms with Crippen LogP contribution in [0.4, 0.5) is 10.5 Å². The van der Waals surface area contributed by atoms with E-state index in [2.05, 4.69) is 10.0 Å². The van der Waals surface area contributed by atoms with Crippen molar-refractivity contribution in [3.05, 3.63) is 64.7 Å². The van der Waals surface area contributed by atoms with Gasteiger partial charge >= 0.3 is 12.1 Å². The SMILES string of the molecule is COC(=O)CC(C)(N[S@+]([O-])C(C)(C)C)c1cccc(NC(=O)OCc2ccccc2)c1Cl. The molecule has 174 valence electrons. The van der Waals surface area contributed by atoms with E-state index in [0.717, 1.165) is 5.56 Å². The second-order valence-electron chi connectivity index (χ2n) is 8.42. The Morgan fingerprint density at radius 1 is 1.06 bits per heavy atom. The van der Waals surface area contributed by atoms with Crippen molar-refractivity contribution in [2.45, 2.75) is 51.0 Å². The van der Waals surface area contributed by atoms with E-state index < -0.39 is 33.7 Å². The third-order valence-corrected chi connectivity index (χ3v) is 6.80. The number of halogens is 1. The van der Waals surface area contributed by atoms with Crippen molar-refractivity contribution in [3.63, 3.8) is 0 Å². The minimum absolute atomic E-state index is 0.107. The third-order valence-electron chi connectivity index (χ3n) is 4.64. The maximum Gasteiger partial charge on any atom is 0.412 e. The molecule has 32 heavy (non-hydrogen) atoms. The first-order chi connectivity index (χ1) is 15.0. The maximum atomic E-state index is 12.8. The zero-order valence-electron chi connectivity index (χ0n) is 18.9. The summed E-state index contributed by atoms with van der Waals surface area (Å²) < 4.78 is 25.4. The summed E-state index contributed by atoms with van der Waals surface area (Å²) >= 11 is 5.11. The van der Waals surface area contributed by atoms with Gasteiger partial charge < -0.3 is 14.0 Å². The molecule has 0 spiro atoms. The molecule has 2 atom stereocenters. The summed E-state index contributed by atoms with van der Waals surface area (Å²) in [4.78, 5) is 24.4. The lowest BCUT2D eigenvalue weighted by molar-refractivity contribution is -0.142. The summed E-state index contributed by atoms with van der Waals surface area (Å²) in [5, 5.41) is 2.83. The molecule has 2 N–H and O–H groups in total. The molecular formula is C23H29ClN2O5S. The van der Waals surface area contributed by atoms with E-state index in [1.54, 1.807) is 25.1 Å². The number of carbonyl (C=O) groups excluding carboxylic acids is 2. The highest BCUT2D eigenvalue weighted by Crippen LogP contribution is 2.37. The highest BCUT2D eigenvalue weighted by molar-refractivity contribution is 7.90. The van der Waals surface area contributed by atoms with Crippen molar-refractivity contribution >= 4 is 40.7 Å². The molecule has 0 saturated carbocycles. The zero-order chi connectivity index (χ0) is 23.9. The molecule has 0 bridgehead atoms. The van der Waals surface area contributed by atoms with Crippen molar-refractivity contribution in [2.75, 3.05) is 12.4 Å². The van der Waals surface area contributed by atoms with Gasteiger partial charge in [0.05, 0.1) is 29.8 Å². The van der Waals surface area contributed by atoms with E-state index in [1.807, 2.05) is 51.1 Å². The molecule has 0 aliphatic heterocycles. The van der Waals surface area contributed by atoms with Crippen LogP contribution in [-0.2, 0) is 37.8 Å². The van der Waals surface area contributed by atoms with E-state index in [-0.39, 0.29) is 18.1 Å². The molecule has 1 amide bonds. The number of methoxy groups -OCH3 is 1. The second-order valence-corrected chi connectivity index (χ2v) is 10.8. The predicted molar refractivity (Wildman–Crippen MR) is 127 cm³/mol. The Bertz CT molecular complexity index is 936. The molecule has 1 unspecified atom stereocenters. The van der Waals surface area contributed by atoms with Gasteiger partial charge in [-0.05, 0) is 44.9 Å². The number of hydrogen-bond donors (Lipinski definition) is 2. The number of esters is 1. The summed E-state index contributed by atoms with van der Waals surface area (Å²) in [6.45, 7) is 7.27. The number of anilines is 1. The summed E-state index contributed by atoms with van der Waals surface area (Å²) in [6, 6.07) is 14.3. The highest BCUT2D eigenvalue weighted by atomic mass is 35.5. The van der Waals surface area contributed by atoms with Crippen molar-refractivity contribution in [3.8, 4) is 0 Å². The normalized spacial score (nSPS) is 14.2. The first-order valence-corrected chi connectivity index (χ1v) is 11.5. The number of ether oxygens (including phenoxy) is 2. The Hall–Kier alpha value is -2.26. The predicted octanol–water partition coefficient (Wildman–Crippen LogP) is 4.92. The number of nitrogens with one attached hydrogen (secondary N) is 2. The second kappa shape index (κ2) is 11.0. The Balaban J connectivity index is 2.26. The molecule has 7 nitrogen and oxygen atoms in total. The van der Waals surface area contributed by atoms with Gasteiger partial charge in [0.2, 0.25) is 0 Å². The molecule has 2 aromatic rings. The van der Waals surface area contributed by atoms with Gasteiger partial charge in [-0.15, -0.1) is 4.72 Å². The summed E-state index contributed by atoms with van der Waals surface area (Å²) in [5.74, 6) is -0.498. The van der Waals surface area contributed by atoms with Crippen LogP contribution in [0.25, 0.3) is 0 Å². The first-order valence-electron chi connectivity index (χ1n) is 9.99. The van der Waals surface area contributed by atoms with Gasteiger partial charge in [0.25, 0.3) is 0 Å². The van der Waals surface area contributed by atoms with E-state index >= 15 is 0 Å². The van der Waals surface area contributed by atoms with Gasteiger partial charge in [-0.2, -0.15) is 0 Å². The summed E-state index contributed by atoms with van der Waals surface area (Å²) in [6.07, 6.45) is -0.791. The van der Waals surface area contributed by atoms with Crippen LogP contribution in [0.3, 0.4) is 0 Å². The summed E-state index contributed by atoms with van der Waals surface area (Å²) in [7, 11) is 1.28. The fourth-order valence-corrected chi connectivity index (χ4v) is 4.11. The molecular weight excluding hydrogens is 452 g/mol. The van der Waals surface area contributed by atoms with Gasteiger partial charge in [-0.1, -0.05) is 54.1 Å². The van der Waals surface area contributed by atoms with Gasteiger partial charge in [0, 0.05) is 11.4 Å². The van der Waals surface area contributed by atoms with Gasteiger partial charge in [-0.3, -0.25) is 10.1 Å². The highest BCUT2D eigenvalue weighted by Gasteiger charge is 2.40. The molecule has 0 fully saturated rings. The lowest BCUT2D eigenvalue weighted by atomic mass is 9.89. The fourth-order valence-electron chi connectivity index (χ4n) is 2.83. The number of amides is 1. The molecule has 0 aliphatic carbocycles. The Kier molecular flexibility index (Phi) is 8.98. The number of carbonyl (C=O) groups is 2. The lowest BCUT2D eigenvalue weighted by Gasteiger charge is -2.35. The van der Waals surface area contributed by atoms with Crippen LogP contribution in [0, 0.1) is 0 Å². The Morgan fingerprint density at radius 3 is 2.31 bits per heavy atom. The van der Waals surface area contributed by atoms with Crippen LogP contribution < -0.4 is 10.0 Å². The zero-order valence-corrected chi connectivity index (χ0v) is 20.4. The quantitative estimate of drug-likeness (QED) is 0.411. The van der Waals surface area contributed by atoms with Gasteiger partial charge in [0.1, 0.15) is 11.4 Å². The van der Waals surface area contributed by atoms with Crippen LogP contribution in [0.2, 0.25) is 5.02 Å². The number of hydrogen-bond acceptors (Lipinski definition) is 6. The van der Waals surface area contributed by atoms with Gasteiger partial charge in [-0.25, -0.2) is 4.79 Å². The standard InChI is InChI=1S/C23H29ClN2O5S/c1-22(2,3)32(29)26-23(4,14-19(27)30-5)17-12-9-13-18(20(17)24)25-21(28)31-15-16-10-7-6-8-11-16/h6-13,26H,14-15H2,1-5H3,(H,25,28)/t23?,32-/m1/s1. The molecule has 2 aromatic carbocycles. The van der Waals surface area contributed by atoms with Crippen LogP contribution in [-0.4, -0.2) is 28.5 Å². The monoisotopic (exact) mass is 480 g/mol. The lowest BCUT2D eigenvalue weighted by Crippen LogP contribution is -2.51. The van der Waals surface area contributed by atoms with Crippen molar-refractivity contribution < 1.29 is 23.6 Å². The Morgan fingerprint density at radius 2 is 1.72 bits per heavy atom. The average molecular weight is 481 g/mol. The van der Waals surface area contributed by atoms with Gasteiger partial charge in [0.15, 0.2) is 0 Å². The van der Waals surface area contributed by atoms with Crippen LogP contribution in [0.5, 0.6) is 0 Å². The van der Waals surface area contributed by atoms with Crippen LogP contribution in [0.15, 0.2) is 48.5 Å². The smallest absolute Gasteiger partial charge is 0.412 e. The third kappa shape index (κ3) is 7.13. The van der Waals surface area contributed by atoms with E-state index in [1.165, 1.54) is 7.11 Å².